The molecule has 0 saturated heterocycles. The van der Waals surface area contributed by atoms with Gasteiger partial charge in [-0.25, -0.2) is 0 Å². The third kappa shape index (κ3) is 1.93. The second-order valence-electron chi connectivity index (χ2n) is 9.14. The number of aliphatic hydroxyl groups is 2. The molecule has 0 aromatic rings. The van der Waals surface area contributed by atoms with E-state index >= 15 is 0 Å². The van der Waals surface area contributed by atoms with E-state index in [1.165, 1.54) is 12.0 Å². The lowest BCUT2D eigenvalue weighted by Gasteiger charge is -2.57. The smallest absolute Gasteiger partial charge is 0.197 e. The Morgan fingerprint density at radius 3 is 2.42 bits per heavy atom. The fourth-order valence-electron chi connectivity index (χ4n) is 7.09. The Morgan fingerprint density at radius 2 is 1.71 bits per heavy atom. The minimum Gasteiger partial charge on any atom is -0.513 e. The number of carbonyl (C=O) groups excluding carboxylic acids is 1. The van der Waals surface area contributed by atoms with Gasteiger partial charge in [-0.2, -0.15) is 0 Å². The Balaban J connectivity index is 1.72. The second kappa shape index (κ2) is 5.12. The fourth-order valence-corrected chi connectivity index (χ4v) is 7.09. The largest absolute Gasteiger partial charge is 0.513 e. The lowest BCUT2D eigenvalue weighted by molar-refractivity contribution is -0.121. The van der Waals surface area contributed by atoms with Crippen molar-refractivity contribution in [1.29, 1.82) is 0 Å². The molecular formula is C21H30O3. The molecule has 0 aliphatic heterocycles. The molecule has 3 heteroatoms. The molecule has 0 aromatic carbocycles. The van der Waals surface area contributed by atoms with Gasteiger partial charge in [0.25, 0.3) is 0 Å². The molecule has 5 atom stereocenters. The zero-order valence-electron chi connectivity index (χ0n) is 15.2. The first kappa shape index (κ1) is 16.2. The topological polar surface area (TPSA) is 57.5 Å². The Kier molecular flexibility index (Phi) is 3.47. The maximum atomic E-state index is 12.0. The number of hydrogen-bond acceptors (Lipinski definition) is 3. The van der Waals surface area contributed by atoms with Gasteiger partial charge in [-0.15, -0.1) is 0 Å². The van der Waals surface area contributed by atoms with Crippen LogP contribution in [0.3, 0.4) is 0 Å². The summed E-state index contributed by atoms with van der Waals surface area (Å²) in [6.07, 6.45) is 7.86. The summed E-state index contributed by atoms with van der Waals surface area (Å²) in [4.78, 5) is 12.0. The van der Waals surface area contributed by atoms with Crippen LogP contribution in [0.4, 0.5) is 0 Å². The van der Waals surface area contributed by atoms with Crippen LogP contribution in [0.5, 0.6) is 0 Å². The van der Waals surface area contributed by atoms with Crippen molar-refractivity contribution in [1.82, 2.24) is 0 Å². The predicted octanol–water partition coefficient (Wildman–Crippen LogP) is 5.24. The molecule has 3 fully saturated rings. The number of aliphatic hydroxyl groups excluding tert-OH is 2. The summed E-state index contributed by atoms with van der Waals surface area (Å²) in [7, 11) is 0. The minimum absolute atomic E-state index is 0.00294. The molecule has 0 spiro atoms. The van der Waals surface area contributed by atoms with Gasteiger partial charge in [0.15, 0.2) is 11.5 Å². The number of ketones is 1. The number of rotatable bonds is 0. The average Bonchev–Trinajstić information content (AvgIpc) is 2.89. The Morgan fingerprint density at radius 1 is 1.00 bits per heavy atom. The summed E-state index contributed by atoms with van der Waals surface area (Å²) in [5, 5.41) is 20.5. The molecule has 4 aliphatic rings. The zero-order chi connectivity index (χ0) is 17.3. The van der Waals surface area contributed by atoms with Crippen LogP contribution in [-0.2, 0) is 4.79 Å². The van der Waals surface area contributed by atoms with Gasteiger partial charge < -0.3 is 10.2 Å². The van der Waals surface area contributed by atoms with Gasteiger partial charge in [-0.05, 0) is 91.6 Å². The van der Waals surface area contributed by atoms with Crippen molar-refractivity contribution in [3.8, 4) is 0 Å². The minimum atomic E-state index is -0.0523. The van der Waals surface area contributed by atoms with E-state index in [1.807, 2.05) is 6.92 Å². The summed E-state index contributed by atoms with van der Waals surface area (Å²) < 4.78 is 0. The quantitative estimate of drug-likeness (QED) is 0.597. The van der Waals surface area contributed by atoms with E-state index < -0.39 is 0 Å². The third-order valence-electron chi connectivity index (χ3n) is 8.31. The van der Waals surface area contributed by atoms with Crippen LogP contribution in [0, 0.1) is 28.6 Å². The standard InChI is InChI=1S/C21H30O3/c1-12(22)14-6-7-15-13-4-5-17-19(24)18(23)9-11-21(17,3)16(13)8-10-20(14,15)2/h13,15-16,22,24H,4-11H2,1-3H3/t13-,15-,16-,20+,21+/m0/s1. The van der Waals surface area contributed by atoms with Crippen molar-refractivity contribution >= 4 is 5.78 Å². The lowest BCUT2D eigenvalue weighted by Crippen LogP contribution is -2.50. The third-order valence-corrected chi connectivity index (χ3v) is 8.31. The predicted molar refractivity (Wildman–Crippen MR) is 93.6 cm³/mol. The number of carbonyl (C=O) groups is 1. The van der Waals surface area contributed by atoms with Crippen molar-refractivity contribution in [2.75, 3.05) is 0 Å². The molecule has 0 unspecified atom stereocenters. The average molecular weight is 330 g/mol. The maximum Gasteiger partial charge on any atom is 0.197 e. The van der Waals surface area contributed by atoms with Gasteiger partial charge in [0.2, 0.25) is 0 Å². The fraction of sp³-hybridized carbons (Fsp3) is 0.762. The van der Waals surface area contributed by atoms with Crippen LogP contribution in [0.2, 0.25) is 0 Å². The molecule has 0 heterocycles. The van der Waals surface area contributed by atoms with Gasteiger partial charge >= 0.3 is 0 Å². The van der Waals surface area contributed by atoms with E-state index in [0.717, 1.165) is 44.1 Å². The molecule has 3 nitrogen and oxygen atoms in total. The van der Waals surface area contributed by atoms with Gasteiger partial charge in [-0.3, -0.25) is 4.79 Å². The Labute approximate surface area is 144 Å². The summed E-state index contributed by atoms with van der Waals surface area (Å²) in [6.45, 7) is 6.52. The summed E-state index contributed by atoms with van der Waals surface area (Å²) in [5.41, 5.74) is 2.50. The van der Waals surface area contributed by atoms with E-state index in [1.54, 1.807) is 0 Å². The van der Waals surface area contributed by atoms with Crippen LogP contribution in [0.15, 0.2) is 22.7 Å². The number of allylic oxidation sites excluding steroid dienone is 3. The Hall–Kier alpha value is -1.25. The SMILES string of the molecule is CC(O)=C1CC[C@H]2[C@@H]3CCC4=C(O)C(=O)CC[C@]4(C)[C@H]3CC[C@]12C. The number of hydrogen-bond donors (Lipinski definition) is 2. The molecule has 132 valence electrons. The highest BCUT2D eigenvalue weighted by atomic mass is 16.3. The molecule has 0 bridgehead atoms. The number of Topliss-reactive ketones (excluding diaryl/α,β-unsaturated/α-hetero) is 1. The van der Waals surface area contributed by atoms with E-state index in [2.05, 4.69) is 13.8 Å². The molecule has 0 amide bonds. The van der Waals surface area contributed by atoms with Crippen LogP contribution in [-0.4, -0.2) is 16.0 Å². The molecular weight excluding hydrogens is 300 g/mol. The zero-order valence-corrected chi connectivity index (χ0v) is 15.2. The second-order valence-corrected chi connectivity index (χ2v) is 9.14. The van der Waals surface area contributed by atoms with E-state index in [9.17, 15) is 15.0 Å². The van der Waals surface area contributed by atoms with E-state index in [4.69, 9.17) is 0 Å². The van der Waals surface area contributed by atoms with Crippen molar-refractivity contribution in [2.24, 2.45) is 28.6 Å². The molecule has 24 heavy (non-hydrogen) atoms. The van der Waals surface area contributed by atoms with Crippen molar-refractivity contribution in [3.05, 3.63) is 22.7 Å². The number of fused-ring (bicyclic) bond motifs is 5. The maximum absolute atomic E-state index is 12.0. The van der Waals surface area contributed by atoms with Crippen LogP contribution < -0.4 is 0 Å². The van der Waals surface area contributed by atoms with Gasteiger partial charge in [0.05, 0.1) is 5.76 Å². The van der Waals surface area contributed by atoms with E-state index in [0.29, 0.717) is 29.9 Å². The monoisotopic (exact) mass is 330 g/mol. The van der Waals surface area contributed by atoms with Crippen LogP contribution in [0.25, 0.3) is 0 Å². The molecule has 2 N–H and O–H groups in total. The van der Waals surface area contributed by atoms with Crippen LogP contribution in [0.1, 0.15) is 72.1 Å². The first-order chi connectivity index (χ1) is 11.3. The first-order valence-corrected chi connectivity index (χ1v) is 9.64. The molecule has 3 saturated carbocycles. The Bertz CT molecular complexity index is 654. The van der Waals surface area contributed by atoms with Gasteiger partial charge in [0.1, 0.15) is 0 Å². The van der Waals surface area contributed by atoms with Gasteiger partial charge in [-0.1, -0.05) is 13.8 Å². The molecule has 0 aromatic heterocycles. The summed E-state index contributed by atoms with van der Waals surface area (Å²) in [5.74, 6) is 2.47. The lowest BCUT2D eigenvalue weighted by atomic mass is 9.47. The molecule has 4 aliphatic carbocycles. The summed E-state index contributed by atoms with van der Waals surface area (Å²) in [6, 6.07) is 0. The van der Waals surface area contributed by atoms with E-state index in [-0.39, 0.29) is 22.4 Å². The van der Waals surface area contributed by atoms with Crippen molar-refractivity contribution in [2.45, 2.75) is 72.1 Å². The van der Waals surface area contributed by atoms with Crippen molar-refractivity contribution < 1.29 is 15.0 Å². The van der Waals surface area contributed by atoms with Crippen molar-refractivity contribution in [3.63, 3.8) is 0 Å². The normalized spacial score (nSPS) is 47.1. The highest BCUT2D eigenvalue weighted by Crippen LogP contribution is 2.67. The highest BCUT2D eigenvalue weighted by Gasteiger charge is 2.58. The summed E-state index contributed by atoms with van der Waals surface area (Å²) >= 11 is 0. The first-order valence-electron chi connectivity index (χ1n) is 9.64. The van der Waals surface area contributed by atoms with Gasteiger partial charge in [0, 0.05) is 6.42 Å². The highest BCUT2D eigenvalue weighted by molar-refractivity contribution is 5.95. The molecule has 0 radical (unpaired) electrons. The van der Waals surface area contributed by atoms with Crippen LogP contribution >= 0.6 is 0 Å². The molecule has 4 rings (SSSR count).